The number of rotatable bonds is 3. The van der Waals surface area contributed by atoms with Crippen molar-refractivity contribution < 1.29 is 8.42 Å². The molecule has 19 heavy (non-hydrogen) atoms. The Hall–Kier alpha value is -0.430. The van der Waals surface area contributed by atoms with Gasteiger partial charge < -0.3 is 5.32 Å². The minimum Gasteiger partial charge on any atom is -0.317 e. The van der Waals surface area contributed by atoms with Crippen LogP contribution in [0.4, 0.5) is 0 Å². The molecule has 4 nitrogen and oxygen atoms in total. The lowest BCUT2D eigenvalue weighted by Crippen LogP contribution is -2.40. The number of fused-ring (bicyclic) bond motifs is 1. The molecule has 0 amide bonds. The van der Waals surface area contributed by atoms with Gasteiger partial charge in [0.1, 0.15) is 0 Å². The van der Waals surface area contributed by atoms with Gasteiger partial charge >= 0.3 is 0 Å². The number of thiophene rings is 1. The second kappa shape index (κ2) is 5.52. The van der Waals surface area contributed by atoms with Gasteiger partial charge in [-0.25, -0.2) is 8.42 Å². The Morgan fingerprint density at radius 1 is 1.37 bits per heavy atom. The van der Waals surface area contributed by atoms with Crippen LogP contribution in [-0.4, -0.2) is 38.1 Å². The maximum Gasteiger partial charge on any atom is 0.214 e. The summed E-state index contributed by atoms with van der Waals surface area (Å²) in [6.45, 7) is 3.14. The fraction of sp³-hybridized carbons (Fsp3) is 0.692. The molecule has 106 valence electrons. The number of piperidine rings is 1. The highest BCUT2D eigenvalue weighted by molar-refractivity contribution is 7.89. The highest BCUT2D eigenvalue weighted by Gasteiger charge is 2.30. The molecule has 0 bridgehead atoms. The first kappa shape index (κ1) is 13.5. The van der Waals surface area contributed by atoms with Gasteiger partial charge in [-0.05, 0) is 55.3 Å². The Bertz CT molecular complexity index is 533. The molecule has 2 aliphatic heterocycles. The lowest BCUT2D eigenvalue weighted by Gasteiger charge is -2.29. The lowest BCUT2D eigenvalue weighted by atomic mass is 10.0. The SMILES string of the molecule is O=S(=O)(CC1CCNCC1)N1CCc2sccc2C1. The van der Waals surface area contributed by atoms with Gasteiger partial charge in [-0.2, -0.15) is 4.31 Å². The van der Waals surface area contributed by atoms with E-state index in [1.165, 1.54) is 10.4 Å². The molecular weight excluding hydrogens is 280 g/mol. The van der Waals surface area contributed by atoms with E-state index in [9.17, 15) is 8.42 Å². The van der Waals surface area contributed by atoms with Crippen molar-refractivity contribution in [2.24, 2.45) is 5.92 Å². The van der Waals surface area contributed by atoms with Crippen LogP contribution in [0.2, 0.25) is 0 Å². The summed E-state index contributed by atoms with van der Waals surface area (Å²) in [5.41, 5.74) is 1.20. The van der Waals surface area contributed by atoms with E-state index in [4.69, 9.17) is 0 Å². The molecule has 6 heteroatoms. The van der Waals surface area contributed by atoms with Crippen LogP contribution < -0.4 is 5.32 Å². The van der Waals surface area contributed by atoms with E-state index in [0.29, 0.717) is 24.8 Å². The van der Waals surface area contributed by atoms with Gasteiger partial charge in [-0.1, -0.05) is 0 Å². The molecule has 3 heterocycles. The lowest BCUT2D eigenvalue weighted by molar-refractivity contribution is 0.366. The molecule has 0 atom stereocenters. The summed E-state index contributed by atoms with van der Waals surface area (Å²) in [6, 6.07) is 2.06. The highest BCUT2D eigenvalue weighted by atomic mass is 32.2. The van der Waals surface area contributed by atoms with Crippen molar-refractivity contribution in [2.45, 2.75) is 25.8 Å². The Kier molecular flexibility index (Phi) is 3.93. The summed E-state index contributed by atoms with van der Waals surface area (Å²) in [4.78, 5) is 1.35. The molecule has 1 N–H and O–H groups in total. The predicted molar refractivity (Wildman–Crippen MR) is 77.8 cm³/mol. The molecule has 3 rings (SSSR count). The molecule has 1 aromatic rings. The van der Waals surface area contributed by atoms with Gasteiger partial charge in [-0.15, -0.1) is 11.3 Å². The summed E-state index contributed by atoms with van der Waals surface area (Å²) < 4.78 is 26.7. The number of sulfonamides is 1. The third-order valence-electron chi connectivity index (χ3n) is 4.07. The Morgan fingerprint density at radius 3 is 2.95 bits per heavy atom. The van der Waals surface area contributed by atoms with Gasteiger partial charge in [0.15, 0.2) is 0 Å². The van der Waals surface area contributed by atoms with Crippen molar-refractivity contribution >= 4 is 21.4 Å². The van der Waals surface area contributed by atoms with Crippen molar-refractivity contribution in [1.82, 2.24) is 9.62 Å². The minimum atomic E-state index is -3.09. The molecule has 0 saturated carbocycles. The third-order valence-corrected chi connectivity index (χ3v) is 7.09. The second-order valence-corrected chi connectivity index (χ2v) is 8.44. The quantitative estimate of drug-likeness (QED) is 0.919. The first-order chi connectivity index (χ1) is 9.15. The van der Waals surface area contributed by atoms with E-state index < -0.39 is 10.0 Å². The van der Waals surface area contributed by atoms with Crippen molar-refractivity contribution in [1.29, 1.82) is 0 Å². The molecule has 0 aromatic carbocycles. The molecule has 0 radical (unpaired) electrons. The van der Waals surface area contributed by atoms with E-state index in [2.05, 4.69) is 16.8 Å². The van der Waals surface area contributed by atoms with E-state index in [-0.39, 0.29) is 0 Å². The van der Waals surface area contributed by atoms with E-state index in [1.807, 2.05) is 0 Å². The Balaban J connectivity index is 1.67. The topological polar surface area (TPSA) is 49.4 Å². The van der Waals surface area contributed by atoms with Crippen molar-refractivity contribution in [3.05, 3.63) is 21.9 Å². The highest BCUT2D eigenvalue weighted by Crippen LogP contribution is 2.27. The van der Waals surface area contributed by atoms with Gasteiger partial charge in [0.2, 0.25) is 10.0 Å². The van der Waals surface area contributed by atoms with Gasteiger partial charge in [0.05, 0.1) is 5.75 Å². The number of nitrogens with zero attached hydrogens (tertiary/aromatic N) is 1. The van der Waals surface area contributed by atoms with Crippen molar-refractivity contribution in [3.63, 3.8) is 0 Å². The minimum absolute atomic E-state index is 0.328. The Morgan fingerprint density at radius 2 is 2.16 bits per heavy atom. The zero-order valence-electron chi connectivity index (χ0n) is 11.0. The fourth-order valence-electron chi connectivity index (χ4n) is 2.91. The van der Waals surface area contributed by atoms with Crippen molar-refractivity contribution in [2.75, 3.05) is 25.4 Å². The molecule has 0 unspecified atom stereocenters. The average molecular weight is 300 g/mol. The normalized spacial score (nSPS) is 22.3. The maximum atomic E-state index is 12.5. The smallest absolute Gasteiger partial charge is 0.214 e. The van der Waals surface area contributed by atoms with Crippen LogP contribution in [0.3, 0.4) is 0 Å². The summed E-state index contributed by atoms with van der Waals surface area (Å²) in [5.74, 6) is 0.656. The number of nitrogens with one attached hydrogen (secondary N) is 1. The molecule has 0 spiro atoms. The molecule has 2 aliphatic rings. The van der Waals surface area contributed by atoms with Crippen molar-refractivity contribution in [3.8, 4) is 0 Å². The zero-order chi connectivity index (χ0) is 13.3. The van der Waals surface area contributed by atoms with Crippen LogP contribution in [-0.2, 0) is 23.0 Å². The standard InChI is InChI=1S/C13H20N2O2S2/c16-19(17,10-11-1-5-14-6-2-11)15-7-3-13-12(9-15)4-8-18-13/h4,8,11,14H,1-3,5-7,9-10H2. The average Bonchev–Trinajstić information content (AvgIpc) is 2.86. The van der Waals surface area contributed by atoms with E-state index in [0.717, 1.165) is 32.4 Å². The van der Waals surface area contributed by atoms with E-state index in [1.54, 1.807) is 15.6 Å². The fourth-order valence-corrected chi connectivity index (χ4v) is 5.65. The number of hydrogen-bond acceptors (Lipinski definition) is 4. The van der Waals surface area contributed by atoms with Crippen LogP contribution in [0.25, 0.3) is 0 Å². The zero-order valence-corrected chi connectivity index (χ0v) is 12.6. The molecule has 1 aromatic heterocycles. The van der Waals surface area contributed by atoms with Crippen LogP contribution in [0.5, 0.6) is 0 Å². The predicted octanol–water partition coefficient (Wildman–Crippen LogP) is 1.44. The molecule has 1 saturated heterocycles. The summed E-state index contributed by atoms with van der Waals surface area (Å²) in [6.07, 6.45) is 2.84. The Labute approximate surface area is 118 Å². The molecular formula is C13H20N2O2S2. The largest absolute Gasteiger partial charge is 0.317 e. The second-order valence-electron chi connectivity index (χ2n) is 5.42. The van der Waals surface area contributed by atoms with Crippen LogP contribution >= 0.6 is 11.3 Å². The van der Waals surface area contributed by atoms with E-state index >= 15 is 0 Å². The van der Waals surface area contributed by atoms with Crippen LogP contribution in [0.15, 0.2) is 11.4 Å². The van der Waals surface area contributed by atoms with Crippen LogP contribution in [0.1, 0.15) is 23.3 Å². The summed E-state index contributed by atoms with van der Waals surface area (Å²) >= 11 is 1.74. The van der Waals surface area contributed by atoms with Crippen LogP contribution in [0, 0.1) is 5.92 Å². The van der Waals surface area contributed by atoms with Gasteiger partial charge in [-0.3, -0.25) is 0 Å². The monoisotopic (exact) mass is 300 g/mol. The number of hydrogen-bond donors (Lipinski definition) is 1. The molecule has 0 aliphatic carbocycles. The van der Waals surface area contributed by atoms with Gasteiger partial charge in [0.25, 0.3) is 0 Å². The first-order valence-corrected chi connectivity index (χ1v) is 9.38. The molecule has 1 fully saturated rings. The van der Waals surface area contributed by atoms with Gasteiger partial charge in [0, 0.05) is 18.0 Å². The third kappa shape index (κ3) is 3.02. The first-order valence-electron chi connectivity index (χ1n) is 6.89. The maximum absolute atomic E-state index is 12.5. The summed E-state index contributed by atoms with van der Waals surface area (Å²) in [5, 5.41) is 5.35. The summed E-state index contributed by atoms with van der Waals surface area (Å²) in [7, 11) is -3.09.